The molecule has 2 saturated heterocycles. The van der Waals surface area contributed by atoms with Crippen LogP contribution in [-0.4, -0.2) is 70.2 Å². The van der Waals surface area contributed by atoms with Crippen LogP contribution in [0, 0.1) is 29.4 Å². The molecule has 4 aromatic rings. The van der Waals surface area contributed by atoms with E-state index in [1.807, 2.05) is 4.90 Å². The van der Waals surface area contributed by atoms with Gasteiger partial charge in [-0.05, 0) is 75.6 Å². The van der Waals surface area contributed by atoms with Gasteiger partial charge in [-0.15, -0.1) is 6.42 Å². The fourth-order valence-electron chi connectivity index (χ4n) is 7.80. The highest BCUT2D eigenvalue weighted by atomic mass is 19.1. The molecule has 2 aromatic carbocycles. The summed E-state index contributed by atoms with van der Waals surface area (Å²) in [5, 5.41) is 26.1. The molecule has 1 saturated carbocycles. The maximum absolute atomic E-state index is 17.0. The lowest BCUT2D eigenvalue weighted by Crippen LogP contribution is -2.49. The summed E-state index contributed by atoms with van der Waals surface area (Å²) in [6.45, 7) is 3.94. The highest BCUT2D eigenvalue weighted by molar-refractivity contribution is 6.04. The van der Waals surface area contributed by atoms with E-state index in [1.54, 1.807) is 6.92 Å². The van der Waals surface area contributed by atoms with Gasteiger partial charge in [-0.3, -0.25) is 0 Å². The number of rotatable bonds is 6. The average molecular weight is 630 g/mol. The number of anilines is 1. The quantitative estimate of drug-likeness (QED) is 0.239. The number of piperidine rings is 2. The van der Waals surface area contributed by atoms with Crippen molar-refractivity contribution in [3.05, 3.63) is 41.5 Å². The van der Waals surface area contributed by atoms with E-state index in [0.717, 1.165) is 38.6 Å². The second-order valence-corrected chi connectivity index (χ2v) is 13.2. The largest absolute Gasteiger partial charge is 0.508 e. The van der Waals surface area contributed by atoms with Crippen LogP contribution in [0.5, 0.6) is 17.6 Å². The summed E-state index contributed by atoms with van der Waals surface area (Å²) in [5.41, 5.74) is -1.37. The third-order valence-electron chi connectivity index (χ3n) is 9.97. The predicted octanol–water partition coefficient (Wildman–Crippen LogP) is 5.47. The van der Waals surface area contributed by atoms with E-state index in [2.05, 4.69) is 21.2 Å². The number of hydrogen-bond acceptors (Lipinski definition) is 9. The molecule has 2 aromatic heterocycles. The van der Waals surface area contributed by atoms with Gasteiger partial charge in [-0.25, -0.2) is 13.8 Å². The second kappa shape index (κ2) is 11.5. The standard InChI is InChI=1S/C35H37F2N5O4/c1-4-22-24(36)10-9-20-16-21(43)17-23(26(20)22)29-28(37)30-27(32(39-29)45-3)31(42-15-7-11-34(2,44)18-42)41-33(40-30)46-19-35-12-5-8-25(35)38-14-6-13-35/h1,9-10,16-17,25,38,43-44H,5-8,11-15,18-19H2,2-3H3/t25-,34-,35-/m1/s1. The highest BCUT2D eigenvalue weighted by Gasteiger charge is 2.45. The summed E-state index contributed by atoms with van der Waals surface area (Å²) in [4.78, 5) is 15.8. The van der Waals surface area contributed by atoms with Crippen LogP contribution in [0.15, 0.2) is 24.3 Å². The zero-order valence-corrected chi connectivity index (χ0v) is 26.0. The Bertz CT molecular complexity index is 1890. The molecule has 4 heterocycles. The monoisotopic (exact) mass is 629 g/mol. The number of halogens is 2. The topological polar surface area (TPSA) is 113 Å². The number of nitrogens with zero attached hydrogens (tertiary/aromatic N) is 4. The zero-order chi connectivity index (χ0) is 32.2. The van der Waals surface area contributed by atoms with Gasteiger partial charge in [-0.2, -0.15) is 9.97 Å². The first-order chi connectivity index (χ1) is 22.1. The number of terminal acetylenes is 1. The first-order valence-corrected chi connectivity index (χ1v) is 15.8. The molecule has 2 aliphatic heterocycles. The van der Waals surface area contributed by atoms with Crippen molar-refractivity contribution >= 4 is 27.5 Å². The molecule has 7 rings (SSSR count). The second-order valence-electron chi connectivity index (χ2n) is 13.2. The maximum Gasteiger partial charge on any atom is 0.319 e. The van der Waals surface area contributed by atoms with Crippen LogP contribution in [0.3, 0.4) is 0 Å². The van der Waals surface area contributed by atoms with Crippen molar-refractivity contribution in [2.75, 3.05) is 38.3 Å². The van der Waals surface area contributed by atoms with Crippen molar-refractivity contribution in [3.8, 4) is 41.2 Å². The zero-order valence-electron chi connectivity index (χ0n) is 26.0. The van der Waals surface area contributed by atoms with Gasteiger partial charge in [0.25, 0.3) is 0 Å². The highest BCUT2D eigenvalue weighted by Crippen LogP contribution is 2.46. The van der Waals surface area contributed by atoms with Crippen LogP contribution < -0.4 is 19.7 Å². The molecule has 240 valence electrons. The molecule has 11 heteroatoms. The minimum absolute atomic E-state index is 0.00698. The Morgan fingerprint density at radius 1 is 1.11 bits per heavy atom. The van der Waals surface area contributed by atoms with Crippen molar-refractivity contribution in [2.45, 2.75) is 63.5 Å². The number of fused-ring (bicyclic) bond motifs is 3. The third-order valence-corrected chi connectivity index (χ3v) is 9.97. The molecule has 1 aliphatic carbocycles. The molecule has 0 unspecified atom stereocenters. The van der Waals surface area contributed by atoms with Crippen molar-refractivity contribution in [1.29, 1.82) is 0 Å². The Kier molecular flexibility index (Phi) is 7.60. The van der Waals surface area contributed by atoms with Gasteiger partial charge in [-0.1, -0.05) is 18.4 Å². The number of hydrogen-bond donors (Lipinski definition) is 3. The number of benzene rings is 2. The van der Waals surface area contributed by atoms with E-state index < -0.39 is 17.2 Å². The van der Waals surface area contributed by atoms with E-state index >= 15 is 4.39 Å². The number of aromatic hydroxyl groups is 1. The van der Waals surface area contributed by atoms with Crippen LogP contribution in [-0.2, 0) is 0 Å². The van der Waals surface area contributed by atoms with Gasteiger partial charge in [0, 0.05) is 35.5 Å². The fraction of sp³-hybridized carbons (Fsp3) is 0.457. The molecule has 3 fully saturated rings. The van der Waals surface area contributed by atoms with E-state index in [9.17, 15) is 14.6 Å². The van der Waals surface area contributed by atoms with E-state index in [1.165, 1.54) is 31.4 Å². The minimum Gasteiger partial charge on any atom is -0.508 e. The molecule has 3 N–H and O–H groups in total. The normalized spacial score (nSPS) is 24.6. The number of pyridine rings is 1. The summed E-state index contributed by atoms with van der Waals surface area (Å²) < 4.78 is 44.0. The number of aliphatic hydroxyl groups is 1. The van der Waals surface area contributed by atoms with Crippen molar-refractivity contribution in [1.82, 2.24) is 20.3 Å². The van der Waals surface area contributed by atoms with E-state index in [-0.39, 0.29) is 62.7 Å². The van der Waals surface area contributed by atoms with Crippen molar-refractivity contribution < 1.29 is 28.5 Å². The number of nitrogens with one attached hydrogen (secondary N) is 1. The first kappa shape index (κ1) is 30.4. The van der Waals surface area contributed by atoms with Crippen LogP contribution in [0.2, 0.25) is 0 Å². The Balaban J connectivity index is 1.44. The average Bonchev–Trinajstić information content (AvgIpc) is 3.47. The van der Waals surface area contributed by atoms with Gasteiger partial charge in [0.05, 0.1) is 24.9 Å². The molecule has 3 atom stereocenters. The number of phenolic OH excluding ortho intramolecular Hbond substituents is 1. The molecular formula is C35H37F2N5O4. The van der Waals surface area contributed by atoms with Crippen LogP contribution in [0.4, 0.5) is 14.6 Å². The molecule has 0 radical (unpaired) electrons. The van der Waals surface area contributed by atoms with Gasteiger partial charge in [0.2, 0.25) is 5.88 Å². The minimum atomic E-state index is -0.990. The first-order valence-electron chi connectivity index (χ1n) is 15.8. The molecular weight excluding hydrogens is 592 g/mol. The van der Waals surface area contributed by atoms with Crippen molar-refractivity contribution in [2.24, 2.45) is 5.41 Å². The number of phenols is 1. The SMILES string of the molecule is C#Cc1c(F)ccc2cc(O)cc(-c3nc(OC)c4c(N5CCC[C@@](C)(O)C5)nc(OC[C@@]56CCCN[C@@H]5CCC6)nc4c3F)c12. The summed E-state index contributed by atoms with van der Waals surface area (Å²) in [7, 11) is 1.41. The van der Waals surface area contributed by atoms with Gasteiger partial charge >= 0.3 is 6.01 Å². The van der Waals surface area contributed by atoms with Crippen LogP contribution in [0.25, 0.3) is 32.9 Å². The number of aromatic nitrogens is 3. The molecule has 0 bridgehead atoms. The van der Waals surface area contributed by atoms with Crippen LogP contribution >= 0.6 is 0 Å². The summed E-state index contributed by atoms with van der Waals surface area (Å²) >= 11 is 0. The summed E-state index contributed by atoms with van der Waals surface area (Å²) in [6, 6.07) is 5.76. The maximum atomic E-state index is 17.0. The molecule has 0 spiro atoms. The lowest BCUT2D eigenvalue weighted by Gasteiger charge is -2.40. The van der Waals surface area contributed by atoms with Crippen molar-refractivity contribution in [3.63, 3.8) is 0 Å². The lowest BCUT2D eigenvalue weighted by molar-refractivity contribution is 0.0446. The van der Waals surface area contributed by atoms with Gasteiger partial charge < -0.3 is 29.9 Å². The van der Waals surface area contributed by atoms with Gasteiger partial charge in [0.15, 0.2) is 5.82 Å². The fourth-order valence-corrected chi connectivity index (χ4v) is 7.80. The van der Waals surface area contributed by atoms with Crippen LogP contribution in [0.1, 0.15) is 57.4 Å². The third kappa shape index (κ3) is 5.13. The smallest absolute Gasteiger partial charge is 0.319 e. The number of methoxy groups -OCH3 is 1. The lowest BCUT2D eigenvalue weighted by atomic mass is 9.76. The predicted molar refractivity (Wildman–Crippen MR) is 171 cm³/mol. The van der Waals surface area contributed by atoms with E-state index in [4.69, 9.17) is 20.9 Å². The molecule has 46 heavy (non-hydrogen) atoms. The summed E-state index contributed by atoms with van der Waals surface area (Å²) in [5.74, 6) is 1.07. The molecule has 9 nitrogen and oxygen atoms in total. The van der Waals surface area contributed by atoms with E-state index in [0.29, 0.717) is 43.2 Å². The number of β-amino-alcohol motifs (C(OH)–C–C–N with tert-alkyl or cyclic N) is 1. The Labute approximate surface area is 266 Å². The Morgan fingerprint density at radius 3 is 2.72 bits per heavy atom. The van der Waals surface area contributed by atoms with Gasteiger partial charge in [0.1, 0.15) is 34.0 Å². The molecule has 0 amide bonds. The Hall–Kier alpha value is -4.27. The number of ether oxygens (including phenoxy) is 2. The Morgan fingerprint density at radius 2 is 1.93 bits per heavy atom. The molecule has 3 aliphatic rings. The summed E-state index contributed by atoms with van der Waals surface area (Å²) in [6.07, 6.45) is 12.3.